The van der Waals surface area contributed by atoms with E-state index in [2.05, 4.69) is 35.3 Å². The highest BCUT2D eigenvalue weighted by Crippen LogP contribution is 2.32. The lowest BCUT2D eigenvalue weighted by atomic mass is 9.97. The van der Waals surface area contributed by atoms with Crippen LogP contribution in [0.25, 0.3) is 0 Å². The molecule has 0 bridgehead atoms. The van der Waals surface area contributed by atoms with Crippen molar-refractivity contribution in [1.29, 1.82) is 0 Å². The zero-order chi connectivity index (χ0) is 14.7. The van der Waals surface area contributed by atoms with Gasteiger partial charge in [0, 0.05) is 24.7 Å². The first-order valence-electron chi connectivity index (χ1n) is 8.34. The standard InChI is InChI=1S/C18H28N2O/c1-14-3-6-18(21-2)16(11-14)13-20(17-4-5-17)12-15-7-9-19-10-8-15/h3,6,11,15,17,19H,4-5,7-10,12-13H2,1-2H3. The van der Waals surface area contributed by atoms with Crippen LogP contribution in [-0.2, 0) is 6.54 Å². The number of hydrogen-bond donors (Lipinski definition) is 1. The summed E-state index contributed by atoms with van der Waals surface area (Å²) in [6.07, 6.45) is 5.40. The number of hydrogen-bond acceptors (Lipinski definition) is 3. The smallest absolute Gasteiger partial charge is 0.123 e. The first-order valence-corrected chi connectivity index (χ1v) is 8.34. The van der Waals surface area contributed by atoms with Crippen molar-refractivity contribution < 1.29 is 4.74 Å². The van der Waals surface area contributed by atoms with Gasteiger partial charge in [-0.3, -0.25) is 4.90 Å². The minimum absolute atomic E-state index is 0.810. The molecular formula is C18H28N2O. The molecule has 2 fully saturated rings. The first-order chi connectivity index (χ1) is 10.3. The van der Waals surface area contributed by atoms with E-state index >= 15 is 0 Å². The van der Waals surface area contributed by atoms with Crippen molar-refractivity contribution in [2.75, 3.05) is 26.7 Å². The Balaban J connectivity index is 1.68. The number of piperidine rings is 1. The number of nitrogens with one attached hydrogen (secondary N) is 1. The van der Waals surface area contributed by atoms with Gasteiger partial charge in [0.2, 0.25) is 0 Å². The van der Waals surface area contributed by atoms with Crippen LogP contribution in [0.15, 0.2) is 18.2 Å². The van der Waals surface area contributed by atoms with E-state index in [1.807, 2.05) is 0 Å². The van der Waals surface area contributed by atoms with E-state index in [-0.39, 0.29) is 0 Å². The molecule has 1 aliphatic heterocycles. The van der Waals surface area contributed by atoms with Crippen LogP contribution < -0.4 is 10.1 Å². The molecule has 1 aliphatic carbocycles. The van der Waals surface area contributed by atoms with Crippen molar-refractivity contribution >= 4 is 0 Å². The third kappa shape index (κ3) is 3.98. The maximum Gasteiger partial charge on any atom is 0.123 e. The van der Waals surface area contributed by atoms with Crippen molar-refractivity contribution in [1.82, 2.24) is 10.2 Å². The van der Waals surface area contributed by atoms with Crippen molar-refractivity contribution in [3.05, 3.63) is 29.3 Å². The molecule has 3 nitrogen and oxygen atoms in total. The predicted molar refractivity (Wildman–Crippen MR) is 86.8 cm³/mol. The Morgan fingerprint density at radius 3 is 2.62 bits per heavy atom. The van der Waals surface area contributed by atoms with E-state index in [9.17, 15) is 0 Å². The topological polar surface area (TPSA) is 24.5 Å². The maximum atomic E-state index is 5.55. The largest absolute Gasteiger partial charge is 0.496 e. The Hall–Kier alpha value is -1.06. The van der Waals surface area contributed by atoms with Gasteiger partial charge in [-0.2, -0.15) is 0 Å². The Bertz CT molecular complexity index is 464. The second kappa shape index (κ2) is 6.80. The lowest BCUT2D eigenvalue weighted by Crippen LogP contribution is -2.37. The summed E-state index contributed by atoms with van der Waals surface area (Å²) in [5, 5.41) is 3.47. The molecule has 1 aromatic carbocycles. The summed E-state index contributed by atoms with van der Waals surface area (Å²) < 4.78 is 5.55. The van der Waals surface area contributed by atoms with Crippen molar-refractivity contribution in [2.45, 2.75) is 45.2 Å². The predicted octanol–water partition coefficient (Wildman–Crippen LogP) is 2.97. The van der Waals surface area contributed by atoms with Crippen LogP contribution in [0.3, 0.4) is 0 Å². The van der Waals surface area contributed by atoms with Crippen LogP contribution in [0.1, 0.15) is 36.8 Å². The highest BCUT2D eigenvalue weighted by molar-refractivity contribution is 5.36. The third-order valence-electron chi connectivity index (χ3n) is 4.82. The fourth-order valence-electron chi connectivity index (χ4n) is 3.43. The molecule has 1 heterocycles. The van der Waals surface area contributed by atoms with Crippen LogP contribution in [0, 0.1) is 12.8 Å². The summed E-state index contributed by atoms with van der Waals surface area (Å²) in [6.45, 7) is 6.84. The van der Waals surface area contributed by atoms with Gasteiger partial charge in [0.1, 0.15) is 5.75 Å². The Morgan fingerprint density at radius 1 is 1.19 bits per heavy atom. The zero-order valence-corrected chi connectivity index (χ0v) is 13.4. The van der Waals surface area contributed by atoms with Crippen LogP contribution in [0.4, 0.5) is 0 Å². The molecule has 0 aromatic heterocycles. The summed E-state index contributed by atoms with van der Waals surface area (Å²) >= 11 is 0. The van der Waals surface area contributed by atoms with E-state index in [4.69, 9.17) is 4.74 Å². The van der Waals surface area contributed by atoms with Crippen molar-refractivity contribution in [3.63, 3.8) is 0 Å². The average molecular weight is 288 g/mol. The van der Waals surface area contributed by atoms with E-state index in [0.29, 0.717) is 0 Å². The van der Waals surface area contributed by atoms with Crippen LogP contribution in [-0.4, -0.2) is 37.7 Å². The Kier molecular flexibility index (Phi) is 4.81. The molecule has 2 aliphatic rings. The average Bonchev–Trinajstić information content (AvgIpc) is 3.33. The second-order valence-electron chi connectivity index (χ2n) is 6.67. The van der Waals surface area contributed by atoms with Gasteiger partial charge in [0.15, 0.2) is 0 Å². The quantitative estimate of drug-likeness (QED) is 0.871. The van der Waals surface area contributed by atoms with Gasteiger partial charge in [-0.05, 0) is 57.7 Å². The fraction of sp³-hybridized carbons (Fsp3) is 0.667. The summed E-state index contributed by atoms with van der Waals surface area (Å²) in [6, 6.07) is 7.35. The van der Waals surface area contributed by atoms with Gasteiger partial charge >= 0.3 is 0 Å². The molecule has 1 aromatic rings. The molecule has 1 saturated carbocycles. The van der Waals surface area contributed by atoms with Crippen molar-refractivity contribution in [3.8, 4) is 5.75 Å². The number of rotatable bonds is 6. The summed E-state index contributed by atoms with van der Waals surface area (Å²) in [5.74, 6) is 1.90. The van der Waals surface area contributed by atoms with Crippen LogP contribution >= 0.6 is 0 Å². The summed E-state index contributed by atoms with van der Waals surface area (Å²) in [5.41, 5.74) is 2.67. The lowest BCUT2D eigenvalue weighted by molar-refractivity contribution is 0.188. The van der Waals surface area contributed by atoms with Crippen LogP contribution in [0.2, 0.25) is 0 Å². The summed E-state index contributed by atoms with van der Waals surface area (Å²) in [7, 11) is 1.78. The van der Waals surface area contributed by atoms with E-state index in [1.54, 1.807) is 7.11 Å². The number of benzene rings is 1. The molecule has 1 saturated heterocycles. The Morgan fingerprint density at radius 2 is 1.95 bits per heavy atom. The van der Waals surface area contributed by atoms with E-state index in [0.717, 1.165) is 24.3 Å². The number of methoxy groups -OCH3 is 1. The zero-order valence-electron chi connectivity index (χ0n) is 13.4. The maximum absolute atomic E-state index is 5.55. The molecule has 116 valence electrons. The monoisotopic (exact) mass is 288 g/mol. The SMILES string of the molecule is COc1ccc(C)cc1CN(CC1CCNCC1)C1CC1. The highest BCUT2D eigenvalue weighted by Gasteiger charge is 2.31. The van der Waals surface area contributed by atoms with E-state index in [1.165, 1.54) is 56.4 Å². The number of ether oxygens (including phenoxy) is 1. The van der Waals surface area contributed by atoms with Crippen molar-refractivity contribution in [2.24, 2.45) is 5.92 Å². The normalized spacial score (nSPS) is 20.0. The first kappa shape index (κ1) is 14.9. The molecule has 0 radical (unpaired) electrons. The molecule has 1 N–H and O–H groups in total. The minimum atomic E-state index is 0.810. The van der Waals surface area contributed by atoms with Gasteiger partial charge in [-0.15, -0.1) is 0 Å². The molecule has 0 atom stereocenters. The van der Waals surface area contributed by atoms with Gasteiger partial charge < -0.3 is 10.1 Å². The van der Waals surface area contributed by atoms with E-state index < -0.39 is 0 Å². The molecular weight excluding hydrogens is 260 g/mol. The fourth-order valence-corrected chi connectivity index (χ4v) is 3.43. The molecule has 3 heteroatoms. The van der Waals surface area contributed by atoms with Gasteiger partial charge in [-0.25, -0.2) is 0 Å². The molecule has 0 spiro atoms. The highest BCUT2D eigenvalue weighted by atomic mass is 16.5. The third-order valence-corrected chi connectivity index (χ3v) is 4.82. The minimum Gasteiger partial charge on any atom is -0.496 e. The number of aryl methyl sites for hydroxylation is 1. The Labute approximate surface area is 128 Å². The number of nitrogens with zero attached hydrogens (tertiary/aromatic N) is 1. The van der Waals surface area contributed by atoms with Gasteiger partial charge in [-0.1, -0.05) is 17.7 Å². The molecule has 3 rings (SSSR count). The second-order valence-corrected chi connectivity index (χ2v) is 6.67. The molecule has 0 unspecified atom stereocenters. The summed E-state index contributed by atoms with van der Waals surface area (Å²) in [4.78, 5) is 2.70. The van der Waals surface area contributed by atoms with Crippen LogP contribution in [0.5, 0.6) is 5.75 Å². The molecule has 0 amide bonds. The molecule has 21 heavy (non-hydrogen) atoms. The van der Waals surface area contributed by atoms with Gasteiger partial charge in [0.05, 0.1) is 7.11 Å². The van der Waals surface area contributed by atoms with Gasteiger partial charge in [0.25, 0.3) is 0 Å². The lowest BCUT2D eigenvalue weighted by Gasteiger charge is -2.30.